The maximum Gasteiger partial charge on any atom is 0.348 e. The molecule has 2 aromatic heterocycles. The van der Waals surface area contributed by atoms with Gasteiger partial charge in [-0.1, -0.05) is 0 Å². The number of carbonyl (C=O) groups is 3. The smallest absolute Gasteiger partial charge is 0.348 e. The average molecular weight is 405 g/mol. The summed E-state index contributed by atoms with van der Waals surface area (Å²) < 4.78 is 5.15. The molecule has 3 N–H and O–H groups in total. The fraction of sp³-hybridized carbons (Fsp3) is 0.421. The van der Waals surface area contributed by atoms with Crippen LogP contribution in [-0.4, -0.2) is 24.4 Å². The molecule has 2 aliphatic rings. The van der Waals surface area contributed by atoms with E-state index in [1.54, 1.807) is 0 Å². The minimum atomic E-state index is -0.533. The number of carbonyl (C=O) groups excluding carboxylic acids is 3. The van der Waals surface area contributed by atoms with Crippen molar-refractivity contribution in [3.05, 3.63) is 37.4 Å². The highest BCUT2D eigenvalue weighted by molar-refractivity contribution is 7.17. The van der Waals surface area contributed by atoms with Gasteiger partial charge in [-0.3, -0.25) is 9.59 Å². The molecule has 0 saturated carbocycles. The van der Waals surface area contributed by atoms with Gasteiger partial charge in [0.2, 0.25) is 0 Å². The van der Waals surface area contributed by atoms with E-state index in [1.165, 1.54) is 33.1 Å². The Hall–Kier alpha value is -2.19. The number of rotatable bonds is 5. The largest absolute Gasteiger partial charge is 0.451 e. The van der Waals surface area contributed by atoms with E-state index in [-0.39, 0.29) is 6.61 Å². The zero-order chi connectivity index (χ0) is 19.0. The first kappa shape index (κ1) is 18.2. The molecule has 0 bridgehead atoms. The number of anilines is 1. The molecule has 2 amide bonds. The maximum absolute atomic E-state index is 12.2. The van der Waals surface area contributed by atoms with E-state index in [1.807, 2.05) is 6.07 Å². The van der Waals surface area contributed by atoms with Crippen LogP contribution in [0.1, 0.15) is 60.2 Å². The van der Waals surface area contributed by atoms with Gasteiger partial charge < -0.3 is 15.8 Å². The lowest BCUT2D eigenvalue weighted by Crippen LogP contribution is -2.22. The van der Waals surface area contributed by atoms with Gasteiger partial charge in [-0.05, 0) is 62.1 Å². The Kier molecular flexibility index (Phi) is 5.01. The van der Waals surface area contributed by atoms with Gasteiger partial charge in [0.05, 0.1) is 5.56 Å². The standard InChI is InChI=1S/C19H20N2O4S2/c20-17(23)16-11-5-1-2-6-13(11)27-18(16)21-15(22)9-25-19(24)14-8-10-4-3-7-12(10)26-14/h8H,1-7,9H2,(H2,20,23)(H,21,22). The molecule has 0 spiro atoms. The fourth-order valence-electron chi connectivity index (χ4n) is 3.71. The van der Waals surface area contributed by atoms with Gasteiger partial charge >= 0.3 is 5.97 Å². The Morgan fingerprint density at radius 3 is 2.59 bits per heavy atom. The molecule has 142 valence electrons. The molecule has 2 aromatic rings. The molecule has 6 nitrogen and oxygen atoms in total. The summed E-state index contributed by atoms with van der Waals surface area (Å²) in [6.45, 7) is -0.387. The van der Waals surface area contributed by atoms with Crippen LogP contribution >= 0.6 is 22.7 Å². The van der Waals surface area contributed by atoms with Gasteiger partial charge in [-0.25, -0.2) is 4.79 Å². The number of amides is 2. The molecule has 0 aliphatic heterocycles. The number of primary amides is 1. The minimum Gasteiger partial charge on any atom is -0.451 e. The second-order valence-corrected chi connectivity index (χ2v) is 9.06. The van der Waals surface area contributed by atoms with Crippen LogP contribution in [0.4, 0.5) is 5.00 Å². The average Bonchev–Trinajstić information content (AvgIpc) is 3.31. The molecular formula is C19H20N2O4S2. The van der Waals surface area contributed by atoms with Crippen molar-refractivity contribution in [1.82, 2.24) is 0 Å². The first-order chi connectivity index (χ1) is 13.0. The molecule has 0 fully saturated rings. The van der Waals surface area contributed by atoms with Crippen molar-refractivity contribution in [3.63, 3.8) is 0 Å². The molecule has 0 saturated heterocycles. The highest BCUT2D eigenvalue weighted by atomic mass is 32.1. The number of nitrogens with two attached hydrogens (primary N) is 1. The first-order valence-electron chi connectivity index (χ1n) is 9.06. The van der Waals surface area contributed by atoms with Gasteiger partial charge in [0.15, 0.2) is 6.61 Å². The topological polar surface area (TPSA) is 98.5 Å². The van der Waals surface area contributed by atoms with Gasteiger partial charge in [0.25, 0.3) is 11.8 Å². The molecule has 0 atom stereocenters. The van der Waals surface area contributed by atoms with Crippen LogP contribution in [0.5, 0.6) is 0 Å². The van der Waals surface area contributed by atoms with Crippen molar-refractivity contribution in [2.75, 3.05) is 11.9 Å². The molecule has 0 unspecified atom stereocenters. The van der Waals surface area contributed by atoms with Crippen LogP contribution in [0.3, 0.4) is 0 Å². The predicted molar refractivity (Wildman–Crippen MR) is 105 cm³/mol. The summed E-state index contributed by atoms with van der Waals surface area (Å²) in [6.07, 6.45) is 6.92. The monoisotopic (exact) mass is 404 g/mol. The molecule has 8 heteroatoms. The fourth-order valence-corrected chi connectivity index (χ4v) is 6.17. The SMILES string of the molecule is NC(=O)c1c(NC(=O)COC(=O)c2cc3c(s2)CCC3)sc2c1CCCC2. The number of aryl methyl sites for hydroxylation is 3. The third-order valence-corrected chi connectivity index (χ3v) is 7.38. The highest BCUT2D eigenvalue weighted by Crippen LogP contribution is 2.38. The summed E-state index contributed by atoms with van der Waals surface area (Å²) >= 11 is 2.84. The molecule has 2 heterocycles. The van der Waals surface area contributed by atoms with Gasteiger partial charge in [-0.15, -0.1) is 22.7 Å². The van der Waals surface area contributed by atoms with E-state index in [0.29, 0.717) is 15.4 Å². The van der Waals surface area contributed by atoms with Crippen LogP contribution in [-0.2, 0) is 35.2 Å². The lowest BCUT2D eigenvalue weighted by atomic mass is 9.95. The number of thiophene rings is 2. The minimum absolute atomic E-state index is 0.387. The van der Waals surface area contributed by atoms with Crippen LogP contribution < -0.4 is 11.1 Å². The second kappa shape index (κ2) is 7.44. The van der Waals surface area contributed by atoms with Crippen molar-refractivity contribution in [1.29, 1.82) is 0 Å². The summed E-state index contributed by atoms with van der Waals surface area (Å²) in [5.41, 5.74) is 8.10. The quantitative estimate of drug-likeness (QED) is 0.748. The second-order valence-electron chi connectivity index (χ2n) is 6.82. The number of hydrogen-bond acceptors (Lipinski definition) is 6. The maximum atomic E-state index is 12.2. The number of fused-ring (bicyclic) bond motifs is 2. The number of esters is 1. The van der Waals surface area contributed by atoms with Gasteiger partial charge in [0.1, 0.15) is 9.88 Å². The van der Waals surface area contributed by atoms with Crippen LogP contribution in [0.15, 0.2) is 6.07 Å². The summed E-state index contributed by atoms with van der Waals surface area (Å²) in [6, 6.07) is 1.87. The highest BCUT2D eigenvalue weighted by Gasteiger charge is 2.25. The van der Waals surface area contributed by atoms with Crippen LogP contribution in [0, 0.1) is 0 Å². The zero-order valence-corrected chi connectivity index (χ0v) is 16.4. The predicted octanol–water partition coefficient (Wildman–Crippen LogP) is 3.07. The van der Waals surface area contributed by atoms with Crippen LogP contribution in [0.25, 0.3) is 0 Å². The molecule has 0 radical (unpaired) electrons. The first-order valence-corrected chi connectivity index (χ1v) is 10.7. The number of ether oxygens (including phenoxy) is 1. The Morgan fingerprint density at radius 2 is 1.81 bits per heavy atom. The summed E-state index contributed by atoms with van der Waals surface area (Å²) in [7, 11) is 0. The normalized spacial score (nSPS) is 15.1. The lowest BCUT2D eigenvalue weighted by Gasteiger charge is -2.11. The van der Waals surface area contributed by atoms with Crippen molar-refractivity contribution >= 4 is 45.5 Å². The van der Waals surface area contributed by atoms with E-state index < -0.39 is 17.8 Å². The van der Waals surface area contributed by atoms with Crippen molar-refractivity contribution < 1.29 is 19.1 Å². The Balaban J connectivity index is 1.40. The lowest BCUT2D eigenvalue weighted by molar-refractivity contribution is -0.119. The van der Waals surface area contributed by atoms with E-state index in [2.05, 4.69) is 5.32 Å². The summed E-state index contributed by atoms with van der Waals surface area (Å²) in [5, 5.41) is 3.16. The third-order valence-electron chi connectivity index (χ3n) is 4.95. The van der Waals surface area contributed by atoms with Crippen LogP contribution in [0.2, 0.25) is 0 Å². The third kappa shape index (κ3) is 3.64. The van der Waals surface area contributed by atoms with Crippen molar-refractivity contribution in [2.45, 2.75) is 44.9 Å². The molecule has 27 heavy (non-hydrogen) atoms. The summed E-state index contributed by atoms with van der Waals surface area (Å²) in [5.74, 6) is -1.48. The number of nitrogens with one attached hydrogen (secondary N) is 1. The van der Waals surface area contributed by atoms with E-state index >= 15 is 0 Å². The number of hydrogen-bond donors (Lipinski definition) is 2. The Morgan fingerprint density at radius 1 is 1.04 bits per heavy atom. The molecule has 4 rings (SSSR count). The Bertz CT molecular complexity index is 907. The summed E-state index contributed by atoms with van der Waals surface area (Å²) in [4.78, 5) is 39.2. The van der Waals surface area contributed by atoms with E-state index in [4.69, 9.17) is 10.5 Å². The van der Waals surface area contributed by atoms with Gasteiger partial charge in [-0.2, -0.15) is 0 Å². The van der Waals surface area contributed by atoms with E-state index in [0.717, 1.165) is 55.4 Å². The molecule has 2 aliphatic carbocycles. The van der Waals surface area contributed by atoms with Crippen molar-refractivity contribution in [2.24, 2.45) is 5.73 Å². The molecule has 0 aromatic carbocycles. The molecular weight excluding hydrogens is 384 g/mol. The Labute approximate surface area is 164 Å². The van der Waals surface area contributed by atoms with E-state index in [9.17, 15) is 14.4 Å². The zero-order valence-electron chi connectivity index (χ0n) is 14.8. The van der Waals surface area contributed by atoms with Crippen molar-refractivity contribution in [3.8, 4) is 0 Å². The van der Waals surface area contributed by atoms with Gasteiger partial charge in [0, 0.05) is 9.75 Å².